The standard InChI is InChI=1S/C12H14N4S/c1-16(9-10-5-7-13-8-6-10)11-3-4-12(17-2)15-14-11/h3-8H,9H2,1-2H3. The van der Waals surface area contributed by atoms with Crippen LogP contribution in [0.4, 0.5) is 5.82 Å². The van der Waals surface area contributed by atoms with Gasteiger partial charge in [0.05, 0.1) is 0 Å². The topological polar surface area (TPSA) is 41.9 Å². The Bertz CT molecular complexity index is 458. The molecule has 4 nitrogen and oxygen atoms in total. The van der Waals surface area contributed by atoms with Crippen molar-refractivity contribution in [1.29, 1.82) is 0 Å². The van der Waals surface area contributed by atoms with E-state index in [1.165, 1.54) is 5.56 Å². The molecule has 0 radical (unpaired) electrons. The molecule has 88 valence electrons. The average Bonchev–Trinajstić information content (AvgIpc) is 2.40. The van der Waals surface area contributed by atoms with E-state index in [-0.39, 0.29) is 0 Å². The summed E-state index contributed by atoms with van der Waals surface area (Å²) in [5, 5.41) is 9.24. The molecule has 5 heteroatoms. The minimum Gasteiger partial charge on any atom is -0.354 e. The number of hydrogen-bond acceptors (Lipinski definition) is 5. The van der Waals surface area contributed by atoms with Crippen LogP contribution >= 0.6 is 11.8 Å². The van der Waals surface area contributed by atoms with E-state index < -0.39 is 0 Å². The molecular weight excluding hydrogens is 232 g/mol. The summed E-state index contributed by atoms with van der Waals surface area (Å²) in [6.45, 7) is 0.801. The van der Waals surface area contributed by atoms with E-state index in [2.05, 4.69) is 20.1 Å². The van der Waals surface area contributed by atoms with E-state index in [4.69, 9.17) is 0 Å². The van der Waals surface area contributed by atoms with Crippen LogP contribution in [0.2, 0.25) is 0 Å². The third-order valence-electron chi connectivity index (χ3n) is 2.40. The van der Waals surface area contributed by atoms with E-state index in [1.807, 2.05) is 37.6 Å². The van der Waals surface area contributed by atoms with Gasteiger partial charge in [0, 0.05) is 26.0 Å². The van der Waals surface area contributed by atoms with Crippen molar-refractivity contribution in [3.05, 3.63) is 42.2 Å². The van der Waals surface area contributed by atoms with Crippen molar-refractivity contribution in [2.45, 2.75) is 11.6 Å². The first kappa shape index (κ1) is 11.9. The van der Waals surface area contributed by atoms with E-state index in [9.17, 15) is 0 Å². The summed E-state index contributed by atoms with van der Waals surface area (Å²) < 4.78 is 0. The molecule has 0 amide bonds. The third-order valence-corrected chi connectivity index (χ3v) is 3.03. The monoisotopic (exact) mass is 246 g/mol. The van der Waals surface area contributed by atoms with Crippen LogP contribution in [0.5, 0.6) is 0 Å². The SMILES string of the molecule is CSc1ccc(N(C)Cc2ccncc2)nn1. The first-order valence-corrected chi connectivity index (χ1v) is 6.50. The van der Waals surface area contributed by atoms with Crippen molar-refractivity contribution in [3.63, 3.8) is 0 Å². The lowest BCUT2D eigenvalue weighted by atomic mass is 10.2. The van der Waals surface area contributed by atoms with Gasteiger partial charge in [0.1, 0.15) is 5.03 Å². The maximum absolute atomic E-state index is 4.19. The summed E-state index contributed by atoms with van der Waals surface area (Å²) in [7, 11) is 2.00. The Morgan fingerprint density at radius 1 is 1.12 bits per heavy atom. The molecule has 0 saturated heterocycles. The van der Waals surface area contributed by atoms with E-state index in [0.29, 0.717) is 0 Å². The molecule has 0 aliphatic carbocycles. The van der Waals surface area contributed by atoms with Gasteiger partial charge in [-0.15, -0.1) is 22.0 Å². The Morgan fingerprint density at radius 2 is 1.88 bits per heavy atom. The zero-order valence-corrected chi connectivity index (χ0v) is 10.7. The number of anilines is 1. The van der Waals surface area contributed by atoms with Crippen LogP contribution in [0.25, 0.3) is 0 Å². The highest BCUT2D eigenvalue weighted by Gasteiger charge is 2.04. The van der Waals surface area contributed by atoms with Gasteiger partial charge in [0.2, 0.25) is 0 Å². The Kier molecular flexibility index (Phi) is 3.93. The van der Waals surface area contributed by atoms with Crippen molar-refractivity contribution in [2.75, 3.05) is 18.2 Å². The van der Waals surface area contributed by atoms with Gasteiger partial charge in [-0.1, -0.05) is 0 Å². The second kappa shape index (κ2) is 5.63. The summed E-state index contributed by atoms with van der Waals surface area (Å²) in [4.78, 5) is 6.06. The molecule has 2 aromatic rings. The van der Waals surface area contributed by atoms with Gasteiger partial charge in [0.15, 0.2) is 5.82 Å². The fourth-order valence-corrected chi connectivity index (χ4v) is 1.80. The maximum Gasteiger partial charge on any atom is 0.151 e. The minimum absolute atomic E-state index is 0.801. The molecule has 0 bridgehead atoms. The van der Waals surface area contributed by atoms with Gasteiger partial charge < -0.3 is 4.90 Å². The van der Waals surface area contributed by atoms with Gasteiger partial charge in [-0.3, -0.25) is 4.98 Å². The third kappa shape index (κ3) is 3.17. The molecule has 17 heavy (non-hydrogen) atoms. The average molecular weight is 246 g/mol. The van der Waals surface area contributed by atoms with Crippen LogP contribution in [0, 0.1) is 0 Å². The van der Waals surface area contributed by atoms with Crippen LogP contribution in [0.15, 0.2) is 41.7 Å². The maximum atomic E-state index is 4.19. The number of aromatic nitrogens is 3. The first-order chi connectivity index (χ1) is 8.29. The highest BCUT2D eigenvalue weighted by molar-refractivity contribution is 7.98. The van der Waals surface area contributed by atoms with Crippen LogP contribution < -0.4 is 4.90 Å². The molecule has 0 unspecified atom stereocenters. The lowest BCUT2D eigenvalue weighted by Gasteiger charge is -2.17. The van der Waals surface area contributed by atoms with Crippen molar-refractivity contribution in [1.82, 2.24) is 15.2 Å². The molecule has 2 aromatic heterocycles. The van der Waals surface area contributed by atoms with Crippen molar-refractivity contribution < 1.29 is 0 Å². The summed E-state index contributed by atoms with van der Waals surface area (Å²) >= 11 is 1.59. The smallest absolute Gasteiger partial charge is 0.151 e. The van der Waals surface area contributed by atoms with Gasteiger partial charge >= 0.3 is 0 Å². The van der Waals surface area contributed by atoms with E-state index >= 15 is 0 Å². The van der Waals surface area contributed by atoms with Crippen molar-refractivity contribution in [2.24, 2.45) is 0 Å². The lowest BCUT2D eigenvalue weighted by molar-refractivity contribution is 0.839. The van der Waals surface area contributed by atoms with Gasteiger partial charge in [0.25, 0.3) is 0 Å². The van der Waals surface area contributed by atoms with Crippen LogP contribution in [0.3, 0.4) is 0 Å². The highest BCUT2D eigenvalue weighted by atomic mass is 32.2. The Morgan fingerprint density at radius 3 is 2.47 bits per heavy atom. The number of hydrogen-bond donors (Lipinski definition) is 0. The molecule has 0 aromatic carbocycles. The second-order valence-corrected chi connectivity index (χ2v) is 4.47. The molecule has 0 spiro atoms. The molecule has 2 heterocycles. The molecule has 0 atom stereocenters. The molecular formula is C12H14N4S. The second-order valence-electron chi connectivity index (χ2n) is 3.65. The highest BCUT2D eigenvalue weighted by Crippen LogP contribution is 2.15. The minimum atomic E-state index is 0.801. The lowest BCUT2D eigenvalue weighted by Crippen LogP contribution is -2.18. The van der Waals surface area contributed by atoms with Gasteiger partial charge in [-0.2, -0.15) is 0 Å². The van der Waals surface area contributed by atoms with Crippen molar-refractivity contribution >= 4 is 17.6 Å². The Balaban J connectivity index is 2.06. The number of nitrogens with zero attached hydrogens (tertiary/aromatic N) is 4. The summed E-state index contributed by atoms with van der Waals surface area (Å²) in [6.07, 6.45) is 5.59. The predicted molar refractivity (Wildman–Crippen MR) is 70.2 cm³/mol. The quantitative estimate of drug-likeness (QED) is 0.774. The summed E-state index contributed by atoms with van der Waals surface area (Å²) in [6, 6.07) is 7.97. The molecule has 0 N–H and O–H groups in total. The molecule has 0 aliphatic rings. The molecule has 0 fully saturated rings. The summed E-state index contributed by atoms with van der Waals surface area (Å²) in [5.41, 5.74) is 1.21. The number of rotatable bonds is 4. The fraction of sp³-hybridized carbons (Fsp3) is 0.250. The predicted octanol–water partition coefficient (Wildman–Crippen LogP) is 2.23. The normalized spacial score (nSPS) is 10.2. The Labute approximate surface area is 105 Å². The van der Waals surface area contributed by atoms with Crippen LogP contribution in [0.1, 0.15) is 5.56 Å². The van der Waals surface area contributed by atoms with Crippen LogP contribution in [-0.4, -0.2) is 28.5 Å². The van der Waals surface area contributed by atoms with E-state index in [1.54, 1.807) is 24.2 Å². The largest absolute Gasteiger partial charge is 0.354 e. The number of pyridine rings is 1. The molecule has 0 aliphatic heterocycles. The fourth-order valence-electron chi connectivity index (χ4n) is 1.47. The Hall–Kier alpha value is -1.62. The van der Waals surface area contributed by atoms with E-state index in [0.717, 1.165) is 17.4 Å². The number of thioether (sulfide) groups is 1. The molecule has 2 rings (SSSR count). The summed E-state index contributed by atoms with van der Waals surface area (Å²) in [5.74, 6) is 0.875. The zero-order chi connectivity index (χ0) is 12.1. The first-order valence-electron chi connectivity index (χ1n) is 5.27. The van der Waals surface area contributed by atoms with Gasteiger partial charge in [-0.25, -0.2) is 0 Å². The van der Waals surface area contributed by atoms with Crippen LogP contribution in [-0.2, 0) is 6.54 Å². The zero-order valence-electron chi connectivity index (χ0n) is 9.87. The van der Waals surface area contributed by atoms with Gasteiger partial charge in [-0.05, 0) is 36.1 Å². The van der Waals surface area contributed by atoms with Crippen molar-refractivity contribution in [3.8, 4) is 0 Å². The molecule has 0 saturated carbocycles.